The second kappa shape index (κ2) is 30.2. The molecule has 2 nitrogen and oxygen atoms in total. The van der Waals surface area contributed by atoms with Crippen LogP contribution in [0.25, 0.3) is 0 Å². The molecule has 0 spiro atoms. The SMILES string of the molecule is CCCCCCCCCCCCCCCCN(CCCCCCCCCCCCCCCC)c1ccc(C=O)cc1. The van der Waals surface area contributed by atoms with Crippen molar-refractivity contribution in [3.63, 3.8) is 0 Å². The fourth-order valence-electron chi connectivity index (χ4n) is 6.13. The summed E-state index contributed by atoms with van der Waals surface area (Å²) >= 11 is 0. The molecule has 0 radical (unpaired) electrons. The maximum absolute atomic E-state index is 11.1. The van der Waals surface area contributed by atoms with E-state index in [1.807, 2.05) is 12.1 Å². The molecular formula is C39H71NO. The minimum absolute atomic E-state index is 0.779. The Balaban J connectivity index is 2.10. The van der Waals surface area contributed by atoms with E-state index in [0.717, 1.165) is 24.9 Å². The summed E-state index contributed by atoms with van der Waals surface area (Å²) in [5.41, 5.74) is 2.07. The molecule has 0 unspecified atom stereocenters. The molecule has 0 aliphatic heterocycles. The van der Waals surface area contributed by atoms with Crippen LogP contribution in [0.4, 0.5) is 5.69 Å². The maximum atomic E-state index is 11.1. The smallest absolute Gasteiger partial charge is 0.150 e. The summed E-state index contributed by atoms with van der Waals surface area (Å²) in [7, 11) is 0. The molecule has 0 bridgehead atoms. The predicted molar refractivity (Wildman–Crippen MR) is 185 cm³/mol. The van der Waals surface area contributed by atoms with E-state index in [1.165, 1.54) is 185 Å². The van der Waals surface area contributed by atoms with Gasteiger partial charge < -0.3 is 4.90 Å². The van der Waals surface area contributed by atoms with E-state index < -0.39 is 0 Å². The van der Waals surface area contributed by atoms with Crippen LogP contribution in [0.5, 0.6) is 0 Å². The minimum Gasteiger partial charge on any atom is -0.372 e. The zero-order valence-corrected chi connectivity index (χ0v) is 28.0. The fourth-order valence-corrected chi connectivity index (χ4v) is 6.13. The zero-order valence-electron chi connectivity index (χ0n) is 28.0. The number of anilines is 1. The minimum atomic E-state index is 0.779. The normalized spacial score (nSPS) is 11.3. The Morgan fingerprint density at radius 3 is 0.951 bits per heavy atom. The van der Waals surface area contributed by atoms with Crippen molar-refractivity contribution in [2.75, 3.05) is 18.0 Å². The van der Waals surface area contributed by atoms with Gasteiger partial charge in [-0.1, -0.05) is 181 Å². The third-order valence-corrected chi connectivity index (χ3v) is 8.96. The molecule has 41 heavy (non-hydrogen) atoms. The van der Waals surface area contributed by atoms with Gasteiger partial charge in [-0.15, -0.1) is 0 Å². The molecule has 0 heterocycles. The van der Waals surface area contributed by atoms with Gasteiger partial charge in [0.05, 0.1) is 0 Å². The highest BCUT2D eigenvalue weighted by atomic mass is 16.1. The molecule has 0 atom stereocenters. The topological polar surface area (TPSA) is 20.3 Å². The molecule has 1 rings (SSSR count). The summed E-state index contributed by atoms with van der Waals surface area (Å²) in [6.45, 7) is 6.89. The predicted octanol–water partition coefficient (Wildman–Crippen LogP) is 13.3. The first-order chi connectivity index (χ1) is 20.3. The van der Waals surface area contributed by atoms with Gasteiger partial charge in [0, 0.05) is 24.3 Å². The van der Waals surface area contributed by atoms with Crippen molar-refractivity contribution in [2.45, 2.75) is 194 Å². The van der Waals surface area contributed by atoms with E-state index in [2.05, 4.69) is 30.9 Å². The van der Waals surface area contributed by atoms with Crippen LogP contribution in [0.2, 0.25) is 0 Å². The molecule has 1 aromatic rings. The van der Waals surface area contributed by atoms with Crippen LogP contribution in [-0.4, -0.2) is 19.4 Å². The van der Waals surface area contributed by atoms with Crippen molar-refractivity contribution in [3.05, 3.63) is 29.8 Å². The average molecular weight is 570 g/mol. The van der Waals surface area contributed by atoms with Crippen molar-refractivity contribution in [1.29, 1.82) is 0 Å². The molecule has 238 valence electrons. The lowest BCUT2D eigenvalue weighted by atomic mass is 10.0. The lowest BCUT2D eigenvalue weighted by Crippen LogP contribution is -2.25. The van der Waals surface area contributed by atoms with Gasteiger partial charge in [0.15, 0.2) is 0 Å². The van der Waals surface area contributed by atoms with Gasteiger partial charge in [-0.25, -0.2) is 0 Å². The number of carbonyl (C=O) groups excluding carboxylic acids is 1. The van der Waals surface area contributed by atoms with Crippen molar-refractivity contribution in [2.24, 2.45) is 0 Å². The molecule has 0 aliphatic carbocycles. The Morgan fingerprint density at radius 2 is 0.683 bits per heavy atom. The highest BCUT2D eigenvalue weighted by Gasteiger charge is 2.07. The van der Waals surface area contributed by atoms with Gasteiger partial charge in [0.2, 0.25) is 0 Å². The molecule has 1 aromatic carbocycles. The van der Waals surface area contributed by atoms with E-state index in [9.17, 15) is 4.79 Å². The third-order valence-electron chi connectivity index (χ3n) is 8.96. The summed E-state index contributed by atoms with van der Waals surface area (Å²) in [5, 5.41) is 0. The van der Waals surface area contributed by atoms with Gasteiger partial charge in [-0.05, 0) is 37.1 Å². The lowest BCUT2D eigenvalue weighted by molar-refractivity contribution is 0.112. The number of hydrogen-bond acceptors (Lipinski definition) is 2. The quantitative estimate of drug-likeness (QED) is 0.0635. The molecule has 0 N–H and O–H groups in total. The molecule has 0 amide bonds. The molecule has 2 heteroatoms. The summed E-state index contributed by atoms with van der Waals surface area (Å²) in [6.07, 6.45) is 40.4. The van der Waals surface area contributed by atoms with Crippen molar-refractivity contribution in [3.8, 4) is 0 Å². The second-order valence-corrected chi connectivity index (χ2v) is 12.9. The maximum Gasteiger partial charge on any atom is 0.150 e. The van der Waals surface area contributed by atoms with Crippen LogP contribution in [0, 0.1) is 0 Å². The van der Waals surface area contributed by atoms with Gasteiger partial charge in [-0.3, -0.25) is 4.79 Å². The van der Waals surface area contributed by atoms with E-state index in [1.54, 1.807) is 0 Å². The van der Waals surface area contributed by atoms with E-state index in [-0.39, 0.29) is 0 Å². The van der Waals surface area contributed by atoms with Crippen LogP contribution in [0.1, 0.15) is 204 Å². The van der Waals surface area contributed by atoms with Crippen molar-refractivity contribution < 1.29 is 4.79 Å². The third kappa shape index (κ3) is 23.9. The summed E-state index contributed by atoms with van der Waals surface area (Å²) in [4.78, 5) is 13.7. The number of carbonyl (C=O) groups is 1. The number of benzene rings is 1. The molecule has 0 saturated heterocycles. The molecule has 0 saturated carbocycles. The number of unbranched alkanes of at least 4 members (excludes halogenated alkanes) is 26. The van der Waals surface area contributed by atoms with Crippen LogP contribution in [-0.2, 0) is 0 Å². The van der Waals surface area contributed by atoms with Crippen LogP contribution in [0.3, 0.4) is 0 Å². The van der Waals surface area contributed by atoms with Gasteiger partial charge >= 0.3 is 0 Å². The first kappa shape index (κ1) is 37.7. The van der Waals surface area contributed by atoms with Crippen LogP contribution < -0.4 is 4.90 Å². The van der Waals surface area contributed by atoms with Crippen LogP contribution in [0.15, 0.2) is 24.3 Å². The van der Waals surface area contributed by atoms with Crippen molar-refractivity contribution in [1.82, 2.24) is 0 Å². The largest absolute Gasteiger partial charge is 0.372 e. The van der Waals surface area contributed by atoms with Gasteiger partial charge in [0.25, 0.3) is 0 Å². The van der Waals surface area contributed by atoms with Gasteiger partial charge in [0.1, 0.15) is 6.29 Å². The first-order valence-corrected chi connectivity index (χ1v) is 18.6. The molecule has 0 aliphatic rings. The summed E-state index contributed by atoms with van der Waals surface area (Å²) in [5.74, 6) is 0. The fraction of sp³-hybridized carbons (Fsp3) is 0.821. The van der Waals surface area contributed by atoms with Gasteiger partial charge in [-0.2, -0.15) is 0 Å². The Hall–Kier alpha value is -1.31. The average Bonchev–Trinajstić information content (AvgIpc) is 3.00. The number of rotatable bonds is 32. The first-order valence-electron chi connectivity index (χ1n) is 18.6. The lowest BCUT2D eigenvalue weighted by Gasteiger charge is -2.25. The molecule has 0 aromatic heterocycles. The zero-order chi connectivity index (χ0) is 29.5. The molecule has 0 fully saturated rings. The number of aldehydes is 1. The van der Waals surface area contributed by atoms with Crippen LogP contribution >= 0.6 is 0 Å². The Labute approximate surface area is 257 Å². The number of hydrogen-bond donors (Lipinski definition) is 0. The number of nitrogens with zero attached hydrogens (tertiary/aromatic N) is 1. The highest BCUT2D eigenvalue weighted by Crippen LogP contribution is 2.19. The monoisotopic (exact) mass is 570 g/mol. The Morgan fingerprint density at radius 1 is 0.415 bits per heavy atom. The van der Waals surface area contributed by atoms with E-state index in [0.29, 0.717) is 0 Å². The van der Waals surface area contributed by atoms with Crippen molar-refractivity contribution >= 4 is 12.0 Å². The van der Waals surface area contributed by atoms with E-state index >= 15 is 0 Å². The van der Waals surface area contributed by atoms with E-state index in [4.69, 9.17) is 0 Å². The summed E-state index contributed by atoms with van der Waals surface area (Å²) in [6, 6.07) is 8.26. The Kier molecular flexibility index (Phi) is 27.7. The molecular weight excluding hydrogens is 498 g/mol. The highest BCUT2D eigenvalue weighted by molar-refractivity contribution is 5.75. The summed E-state index contributed by atoms with van der Waals surface area (Å²) < 4.78 is 0. The second-order valence-electron chi connectivity index (χ2n) is 12.9. The standard InChI is InChI=1S/C39H71NO/c1-3-5-7-9-11-13-15-17-19-21-23-25-27-29-35-40(39-33-31-38(37-41)32-34-39)36-30-28-26-24-22-20-18-16-14-12-10-8-6-4-2/h31-34,37H,3-30,35-36H2,1-2H3. The Bertz CT molecular complexity index is 622.